The fourth-order valence-electron chi connectivity index (χ4n) is 3.64. The molecule has 1 saturated heterocycles. The molecule has 1 saturated carbocycles. The second-order valence-electron chi connectivity index (χ2n) is 7.41. The van der Waals surface area contributed by atoms with Crippen LogP contribution in [-0.2, 0) is 6.42 Å². The lowest BCUT2D eigenvalue weighted by molar-refractivity contribution is 0.0880. The van der Waals surface area contributed by atoms with E-state index in [9.17, 15) is 4.79 Å². The normalized spacial score (nSPS) is 24.2. The maximum absolute atomic E-state index is 12.5. The number of benzene rings is 1. The summed E-state index contributed by atoms with van der Waals surface area (Å²) in [6.07, 6.45) is 5.24. The number of hydrogen-bond acceptors (Lipinski definition) is 4. The molecule has 0 unspecified atom stereocenters. The predicted molar refractivity (Wildman–Crippen MR) is 95.5 cm³/mol. The van der Waals surface area contributed by atoms with Crippen molar-refractivity contribution in [3.05, 3.63) is 53.4 Å². The predicted octanol–water partition coefficient (Wildman–Crippen LogP) is 2.99. The molecule has 1 aromatic carbocycles. The maximum atomic E-state index is 12.5. The third kappa shape index (κ3) is 3.93. The summed E-state index contributed by atoms with van der Waals surface area (Å²) in [7, 11) is 2.17. The van der Waals surface area contributed by atoms with Crippen molar-refractivity contribution >= 4 is 5.91 Å². The smallest absolute Gasteiger partial charge is 0.273 e. The van der Waals surface area contributed by atoms with Crippen LogP contribution in [0, 0.1) is 0 Å². The first-order chi connectivity index (χ1) is 12.2. The molecule has 132 valence electrons. The van der Waals surface area contributed by atoms with Crippen LogP contribution in [0.25, 0.3) is 0 Å². The lowest BCUT2D eigenvalue weighted by atomic mass is 9.92. The Labute approximate surface area is 148 Å². The Balaban J connectivity index is 1.36. The van der Waals surface area contributed by atoms with Gasteiger partial charge in [-0.3, -0.25) is 4.79 Å². The summed E-state index contributed by atoms with van der Waals surface area (Å²) >= 11 is 0. The Morgan fingerprint density at radius 3 is 2.84 bits per heavy atom. The summed E-state index contributed by atoms with van der Waals surface area (Å²) in [6, 6.07) is 13.0. The van der Waals surface area contributed by atoms with Crippen LogP contribution in [0.3, 0.4) is 0 Å². The molecule has 4 rings (SSSR count). The molecule has 2 fully saturated rings. The summed E-state index contributed by atoms with van der Waals surface area (Å²) in [5.74, 6) is 1.23. The zero-order chi connectivity index (χ0) is 17.2. The van der Waals surface area contributed by atoms with Crippen molar-refractivity contribution < 1.29 is 9.32 Å². The van der Waals surface area contributed by atoms with E-state index in [1.54, 1.807) is 0 Å². The van der Waals surface area contributed by atoms with Gasteiger partial charge in [0.15, 0.2) is 5.69 Å². The Bertz CT molecular complexity index is 724. The van der Waals surface area contributed by atoms with Gasteiger partial charge in [-0.05, 0) is 44.7 Å². The molecule has 1 N–H and O–H groups in total. The van der Waals surface area contributed by atoms with E-state index in [0.29, 0.717) is 17.7 Å². The van der Waals surface area contributed by atoms with Gasteiger partial charge in [0.2, 0.25) is 0 Å². The van der Waals surface area contributed by atoms with Crippen molar-refractivity contribution in [2.75, 3.05) is 13.6 Å². The molecule has 2 aromatic rings. The number of likely N-dealkylation sites (N-methyl/N-ethyl adjacent to an activating group) is 1. The van der Waals surface area contributed by atoms with E-state index in [4.69, 9.17) is 4.52 Å². The molecule has 1 aliphatic carbocycles. The number of carbonyl (C=O) groups excluding carboxylic acids is 1. The molecular weight excluding hydrogens is 314 g/mol. The Morgan fingerprint density at radius 2 is 2.08 bits per heavy atom. The topological polar surface area (TPSA) is 58.4 Å². The molecule has 5 heteroatoms. The lowest BCUT2D eigenvalue weighted by Crippen LogP contribution is -2.49. The minimum Gasteiger partial charge on any atom is -0.360 e. The zero-order valence-corrected chi connectivity index (χ0v) is 14.6. The summed E-state index contributed by atoms with van der Waals surface area (Å²) in [5.41, 5.74) is 1.76. The van der Waals surface area contributed by atoms with Crippen molar-refractivity contribution in [1.29, 1.82) is 0 Å². The highest BCUT2D eigenvalue weighted by atomic mass is 16.5. The van der Waals surface area contributed by atoms with E-state index < -0.39 is 0 Å². The number of amides is 1. The van der Waals surface area contributed by atoms with Gasteiger partial charge in [-0.2, -0.15) is 0 Å². The summed E-state index contributed by atoms with van der Waals surface area (Å²) < 4.78 is 5.30. The number of carbonyl (C=O) groups is 1. The van der Waals surface area contributed by atoms with Crippen LogP contribution >= 0.6 is 0 Å². The summed E-state index contributed by atoms with van der Waals surface area (Å²) in [5, 5.41) is 7.10. The second kappa shape index (κ2) is 7.00. The Kier molecular flexibility index (Phi) is 4.57. The molecule has 2 atom stereocenters. The first-order valence-corrected chi connectivity index (χ1v) is 9.20. The molecular formula is C20H25N3O2. The minimum atomic E-state index is -0.108. The number of nitrogens with one attached hydrogen (secondary N) is 1. The Hall–Kier alpha value is -2.14. The molecule has 2 aliphatic rings. The van der Waals surface area contributed by atoms with Gasteiger partial charge < -0.3 is 14.7 Å². The highest BCUT2D eigenvalue weighted by Crippen LogP contribution is 2.40. The van der Waals surface area contributed by atoms with Crippen molar-refractivity contribution in [2.45, 2.75) is 50.1 Å². The van der Waals surface area contributed by atoms with Crippen LogP contribution in [0.1, 0.15) is 53.4 Å². The number of rotatable bonds is 5. The molecule has 2 heterocycles. The fourth-order valence-corrected chi connectivity index (χ4v) is 3.64. The zero-order valence-electron chi connectivity index (χ0n) is 14.6. The molecule has 0 spiro atoms. The molecule has 25 heavy (non-hydrogen) atoms. The van der Waals surface area contributed by atoms with Crippen LogP contribution in [0.5, 0.6) is 0 Å². The van der Waals surface area contributed by atoms with E-state index in [2.05, 4.69) is 46.7 Å². The van der Waals surface area contributed by atoms with Crippen molar-refractivity contribution in [1.82, 2.24) is 15.4 Å². The van der Waals surface area contributed by atoms with Crippen molar-refractivity contribution in [3.63, 3.8) is 0 Å². The maximum Gasteiger partial charge on any atom is 0.273 e. The van der Waals surface area contributed by atoms with Gasteiger partial charge in [-0.25, -0.2) is 0 Å². The van der Waals surface area contributed by atoms with E-state index in [1.807, 2.05) is 12.1 Å². The van der Waals surface area contributed by atoms with Crippen LogP contribution < -0.4 is 5.32 Å². The van der Waals surface area contributed by atoms with Gasteiger partial charge in [0, 0.05) is 30.6 Å². The monoisotopic (exact) mass is 339 g/mol. The van der Waals surface area contributed by atoms with Crippen molar-refractivity contribution in [2.24, 2.45) is 0 Å². The molecule has 0 radical (unpaired) electrons. The number of hydrogen-bond donors (Lipinski definition) is 1. The fraction of sp³-hybridized carbons (Fsp3) is 0.500. The number of piperidine rings is 1. The third-order valence-corrected chi connectivity index (χ3v) is 5.40. The molecule has 5 nitrogen and oxygen atoms in total. The van der Waals surface area contributed by atoms with Crippen LogP contribution in [0.15, 0.2) is 40.9 Å². The molecule has 0 bridgehead atoms. The number of likely N-dealkylation sites (tertiary alicyclic amines) is 1. The number of nitrogens with zero attached hydrogens (tertiary/aromatic N) is 2. The standard InChI is InChI=1S/C20H25N3O2/c1-23-10-9-16(12-17(23)11-14-5-3-2-4-6-14)21-20(24)18-13-19(25-22-18)15-7-8-15/h2-6,13,15-17H,7-12H2,1H3,(H,21,24)/t16-,17+/m1/s1. The average Bonchev–Trinajstić information content (AvgIpc) is 3.35. The molecule has 1 amide bonds. The van der Waals surface area contributed by atoms with E-state index >= 15 is 0 Å². The summed E-state index contributed by atoms with van der Waals surface area (Å²) in [4.78, 5) is 14.9. The van der Waals surface area contributed by atoms with Gasteiger partial charge in [-0.1, -0.05) is 35.5 Å². The SMILES string of the molecule is CN1CC[C@@H](NC(=O)c2cc(C3CC3)on2)C[C@@H]1Cc1ccccc1. The minimum absolute atomic E-state index is 0.108. The van der Waals surface area contributed by atoms with E-state index in [-0.39, 0.29) is 11.9 Å². The van der Waals surface area contributed by atoms with Crippen LogP contribution in [0.2, 0.25) is 0 Å². The van der Waals surface area contributed by atoms with Crippen LogP contribution in [0.4, 0.5) is 0 Å². The van der Waals surface area contributed by atoms with Gasteiger partial charge in [0.05, 0.1) is 0 Å². The first-order valence-electron chi connectivity index (χ1n) is 9.20. The van der Waals surface area contributed by atoms with E-state index in [0.717, 1.165) is 44.4 Å². The molecule has 1 aliphatic heterocycles. The largest absolute Gasteiger partial charge is 0.360 e. The highest BCUT2D eigenvalue weighted by molar-refractivity contribution is 5.92. The third-order valence-electron chi connectivity index (χ3n) is 5.40. The quantitative estimate of drug-likeness (QED) is 0.910. The summed E-state index contributed by atoms with van der Waals surface area (Å²) in [6.45, 7) is 0.995. The van der Waals surface area contributed by atoms with Gasteiger partial charge >= 0.3 is 0 Å². The van der Waals surface area contributed by atoms with Gasteiger partial charge in [-0.15, -0.1) is 0 Å². The average molecular weight is 339 g/mol. The highest BCUT2D eigenvalue weighted by Gasteiger charge is 2.30. The van der Waals surface area contributed by atoms with Gasteiger partial charge in [0.1, 0.15) is 5.76 Å². The molecule has 1 aromatic heterocycles. The first kappa shape index (κ1) is 16.3. The Morgan fingerprint density at radius 1 is 1.28 bits per heavy atom. The lowest BCUT2D eigenvalue weighted by Gasteiger charge is -2.37. The van der Waals surface area contributed by atoms with Gasteiger partial charge in [0.25, 0.3) is 5.91 Å². The van der Waals surface area contributed by atoms with Crippen molar-refractivity contribution in [3.8, 4) is 0 Å². The van der Waals surface area contributed by atoms with E-state index in [1.165, 1.54) is 5.56 Å². The van der Waals surface area contributed by atoms with Crippen LogP contribution in [-0.4, -0.2) is 41.6 Å². The second-order valence-corrected chi connectivity index (χ2v) is 7.41. The number of aromatic nitrogens is 1.